The smallest absolute Gasteiger partial charge is 0.138 e. The number of piperidine rings is 1. The second-order valence-electron chi connectivity index (χ2n) is 6.97. The lowest BCUT2D eigenvalue weighted by Gasteiger charge is -2.62. The van der Waals surface area contributed by atoms with Gasteiger partial charge in [-0.05, 0) is 56.1 Å². The molecule has 2 heteroatoms. The zero-order valence-corrected chi connectivity index (χ0v) is 11.3. The molecular formula is C16H23NO. The molecule has 1 saturated heterocycles. The summed E-state index contributed by atoms with van der Waals surface area (Å²) in [6, 6.07) is 0. The Hall–Kier alpha value is -0.630. The SMILES string of the molecule is C[C@@H]1C[C@@H]2CC(=O)[C@@H]3CCCN4CCC=C2[C@]34C1. The topological polar surface area (TPSA) is 20.3 Å². The Balaban J connectivity index is 1.88. The van der Waals surface area contributed by atoms with Crippen molar-refractivity contribution in [3.63, 3.8) is 0 Å². The van der Waals surface area contributed by atoms with Crippen molar-refractivity contribution in [2.75, 3.05) is 13.1 Å². The molecule has 0 radical (unpaired) electrons. The van der Waals surface area contributed by atoms with Crippen LogP contribution in [0.3, 0.4) is 0 Å². The van der Waals surface area contributed by atoms with Gasteiger partial charge in [-0.1, -0.05) is 13.0 Å². The molecule has 0 amide bonds. The van der Waals surface area contributed by atoms with Crippen molar-refractivity contribution in [1.82, 2.24) is 4.90 Å². The van der Waals surface area contributed by atoms with Gasteiger partial charge in [0.15, 0.2) is 0 Å². The van der Waals surface area contributed by atoms with Crippen LogP contribution in [0.25, 0.3) is 0 Å². The van der Waals surface area contributed by atoms with Crippen molar-refractivity contribution in [2.45, 2.75) is 51.0 Å². The average molecular weight is 245 g/mol. The minimum absolute atomic E-state index is 0.175. The number of carbonyl (C=O) groups excluding carboxylic acids is 1. The van der Waals surface area contributed by atoms with Gasteiger partial charge in [0.25, 0.3) is 0 Å². The maximum Gasteiger partial charge on any atom is 0.138 e. The van der Waals surface area contributed by atoms with Crippen LogP contribution in [0.5, 0.6) is 0 Å². The van der Waals surface area contributed by atoms with Gasteiger partial charge in [0.1, 0.15) is 5.78 Å². The van der Waals surface area contributed by atoms with E-state index >= 15 is 0 Å². The monoisotopic (exact) mass is 245 g/mol. The maximum atomic E-state index is 12.5. The van der Waals surface area contributed by atoms with Crippen LogP contribution in [0.15, 0.2) is 11.6 Å². The molecule has 2 aliphatic heterocycles. The zero-order valence-electron chi connectivity index (χ0n) is 11.3. The largest absolute Gasteiger partial charge is 0.299 e. The summed E-state index contributed by atoms with van der Waals surface area (Å²) < 4.78 is 0. The molecule has 2 bridgehead atoms. The van der Waals surface area contributed by atoms with Crippen LogP contribution in [0.1, 0.15) is 45.4 Å². The lowest BCUT2D eigenvalue weighted by molar-refractivity contribution is -0.139. The molecule has 18 heavy (non-hydrogen) atoms. The van der Waals surface area contributed by atoms with Gasteiger partial charge in [-0.3, -0.25) is 9.69 Å². The van der Waals surface area contributed by atoms with Crippen LogP contribution in [0.4, 0.5) is 0 Å². The first-order valence-corrected chi connectivity index (χ1v) is 7.70. The van der Waals surface area contributed by atoms with Crippen LogP contribution in [0.2, 0.25) is 0 Å². The number of rotatable bonds is 0. The summed E-state index contributed by atoms with van der Waals surface area (Å²) in [7, 11) is 0. The Kier molecular flexibility index (Phi) is 2.30. The first-order valence-electron chi connectivity index (χ1n) is 7.70. The van der Waals surface area contributed by atoms with Crippen molar-refractivity contribution in [3.8, 4) is 0 Å². The lowest BCUT2D eigenvalue weighted by Crippen LogP contribution is -2.67. The summed E-state index contributed by atoms with van der Waals surface area (Å²) in [4.78, 5) is 15.2. The molecule has 2 aliphatic carbocycles. The van der Waals surface area contributed by atoms with E-state index in [2.05, 4.69) is 17.9 Å². The van der Waals surface area contributed by atoms with E-state index in [4.69, 9.17) is 0 Å². The third-order valence-corrected chi connectivity index (χ3v) is 5.95. The van der Waals surface area contributed by atoms with Crippen molar-refractivity contribution >= 4 is 5.78 Å². The molecule has 4 rings (SSSR count). The van der Waals surface area contributed by atoms with Crippen LogP contribution in [0, 0.1) is 17.8 Å². The molecule has 0 aromatic heterocycles. The summed E-state index contributed by atoms with van der Waals surface area (Å²) in [5, 5.41) is 0. The van der Waals surface area contributed by atoms with Gasteiger partial charge in [0.2, 0.25) is 0 Å². The van der Waals surface area contributed by atoms with Crippen LogP contribution in [-0.2, 0) is 4.79 Å². The normalized spacial score (nSPS) is 47.5. The highest BCUT2D eigenvalue weighted by Gasteiger charge is 2.59. The Morgan fingerprint density at radius 3 is 3.17 bits per heavy atom. The summed E-state index contributed by atoms with van der Waals surface area (Å²) >= 11 is 0. The van der Waals surface area contributed by atoms with E-state index in [0.717, 1.165) is 18.8 Å². The van der Waals surface area contributed by atoms with Crippen molar-refractivity contribution in [2.24, 2.45) is 17.8 Å². The predicted molar refractivity (Wildman–Crippen MR) is 71.2 cm³/mol. The fraction of sp³-hybridized carbons (Fsp3) is 0.812. The molecular weight excluding hydrogens is 222 g/mol. The molecule has 3 fully saturated rings. The van der Waals surface area contributed by atoms with Crippen LogP contribution in [-0.4, -0.2) is 29.3 Å². The molecule has 0 N–H and O–H groups in total. The van der Waals surface area contributed by atoms with E-state index in [-0.39, 0.29) is 5.54 Å². The molecule has 1 spiro atoms. The van der Waals surface area contributed by atoms with Gasteiger partial charge in [-0.25, -0.2) is 0 Å². The molecule has 2 nitrogen and oxygen atoms in total. The van der Waals surface area contributed by atoms with Gasteiger partial charge in [-0.15, -0.1) is 0 Å². The van der Waals surface area contributed by atoms with Crippen LogP contribution >= 0.6 is 0 Å². The quantitative estimate of drug-likeness (QED) is 0.612. The average Bonchev–Trinajstić information content (AvgIpc) is 2.33. The molecule has 4 aliphatic rings. The molecule has 0 aromatic rings. The number of hydrogen-bond acceptors (Lipinski definition) is 2. The second kappa shape index (κ2) is 3.69. The molecule has 2 saturated carbocycles. The molecule has 0 aromatic carbocycles. The predicted octanol–water partition coefficient (Wildman–Crippen LogP) is 2.79. The van der Waals surface area contributed by atoms with E-state index in [9.17, 15) is 4.79 Å². The van der Waals surface area contributed by atoms with Gasteiger partial charge in [0, 0.05) is 18.9 Å². The standard InChI is InChI=1S/C16H23NO/c1-11-8-12-9-15(18)14-5-3-7-17-6-2-4-13(12)16(14,17)10-11/h4,11-12,14H,2-3,5-10H2,1H3/t11-,12-,14+,16-/m1/s1. The summed E-state index contributed by atoms with van der Waals surface area (Å²) in [5.41, 5.74) is 1.85. The highest BCUT2D eigenvalue weighted by atomic mass is 16.1. The first kappa shape index (κ1) is 11.2. The second-order valence-corrected chi connectivity index (χ2v) is 6.97. The molecule has 98 valence electrons. The summed E-state index contributed by atoms with van der Waals surface area (Å²) in [6.07, 6.45) is 9.43. The molecule has 2 heterocycles. The highest BCUT2D eigenvalue weighted by Crippen LogP contribution is 2.57. The Labute approximate surface area is 109 Å². The molecule has 0 unspecified atom stereocenters. The van der Waals surface area contributed by atoms with Gasteiger partial charge >= 0.3 is 0 Å². The van der Waals surface area contributed by atoms with Crippen molar-refractivity contribution < 1.29 is 4.79 Å². The highest BCUT2D eigenvalue weighted by molar-refractivity contribution is 5.86. The van der Waals surface area contributed by atoms with Gasteiger partial charge in [-0.2, -0.15) is 0 Å². The number of hydrogen-bond donors (Lipinski definition) is 0. The number of carbonyl (C=O) groups is 1. The fourth-order valence-electron chi connectivity index (χ4n) is 5.53. The van der Waals surface area contributed by atoms with Gasteiger partial charge < -0.3 is 0 Å². The maximum absolute atomic E-state index is 12.5. The third kappa shape index (κ3) is 1.25. The zero-order chi connectivity index (χ0) is 12.3. The lowest BCUT2D eigenvalue weighted by atomic mass is 9.52. The summed E-state index contributed by atoms with van der Waals surface area (Å²) in [6.45, 7) is 4.81. The number of nitrogens with zero attached hydrogens (tertiary/aromatic N) is 1. The Morgan fingerprint density at radius 2 is 2.28 bits per heavy atom. The Morgan fingerprint density at radius 1 is 1.39 bits per heavy atom. The van der Waals surface area contributed by atoms with E-state index in [0.29, 0.717) is 17.6 Å². The van der Waals surface area contributed by atoms with E-state index in [1.54, 1.807) is 5.57 Å². The van der Waals surface area contributed by atoms with Crippen LogP contribution < -0.4 is 0 Å². The minimum Gasteiger partial charge on any atom is -0.299 e. The fourth-order valence-corrected chi connectivity index (χ4v) is 5.53. The van der Waals surface area contributed by atoms with Crippen molar-refractivity contribution in [3.05, 3.63) is 11.6 Å². The molecule has 4 atom stereocenters. The minimum atomic E-state index is 0.175. The van der Waals surface area contributed by atoms with E-state index < -0.39 is 0 Å². The summed E-state index contributed by atoms with van der Waals surface area (Å²) in [5.74, 6) is 2.28. The third-order valence-electron chi connectivity index (χ3n) is 5.95. The van der Waals surface area contributed by atoms with Crippen molar-refractivity contribution in [1.29, 1.82) is 0 Å². The number of ketones is 1. The van der Waals surface area contributed by atoms with E-state index in [1.165, 1.54) is 38.8 Å². The van der Waals surface area contributed by atoms with Gasteiger partial charge in [0.05, 0.1) is 5.54 Å². The van der Waals surface area contributed by atoms with E-state index in [1.807, 2.05) is 0 Å². The number of Topliss-reactive ketones (excluding diaryl/α,β-unsaturated/α-hetero) is 1. The first-order chi connectivity index (χ1) is 8.72. The Bertz CT molecular complexity index is 427.